The van der Waals surface area contributed by atoms with Crippen molar-refractivity contribution in [1.29, 1.82) is 0 Å². The summed E-state index contributed by atoms with van der Waals surface area (Å²) in [5.74, 6) is 6.53. The number of allylic oxidation sites excluding steroid dienone is 2. The van der Waals surface area contributed by atoms with Crippen LogP contribution in [-0.4, -0.2) is 0 Å². The highest BCUT2D eigenvalue weighted by Gasteiger charge is 2.01. The maximum Gasteiger partial charge on any atom is 0.0314 e. The Balaban J connectivity index is 2.39. The minimum atomic E-state index is 0.763. The standard InChI is InChI=1S/C19H19N/c1-3-15(2)19(17-7-5-4-6-8-17)14-11-16-9-12-18(20)13-10-16/h4-10,12-13H,3,20H2,1-2H3/b19-15-. The third-order valence-electron chi connectivity index (χ3n) is 3.26. The maximum absolute atomic E-state index is 5.69. The molecule has 0 unspecified atom stereocenters. The van der Waals surface area contributed by atoms with E-state index < -0.39 is 0 Å². The Morgan fingerprint density at radius 3 is 2.25 bits per heavy atom. The van der Waals surface area contributed by atoms with Gasteiger partial charge >= 0.3 is 0 Å². The largest absolute Gasteiger partial charge is 0.399 e. The summed E-state index contributed by atoms with van der Waals surface area (Å²) in [7, 11) is 0. The van der Waals surface area contributed by atoms with Crippen LogP contribution in [0.4, 0.5) is 5.69 Å². The van der Waals surface area contributed by atoms with Crippen molar-refractivity contribution >= 4 is 11.3 Å². The summed E-state index contributed by atoms with van der Waals surface area (Å²) < 4.78 is 0. The van der Waals surface area contributed by atoms with Crippen LogP contribution in [0.15, 0.2) is 60.2 Å². The summed E-state index contributed by atoms with van der Waals surface area (Å²) in [6.45, 7) is 4.29. The highest BCUT2D eigenvalue weighted by Crippen LogP contribution is 2.20. The van der Waals surface area contributed by atoms with Gasteiger partial charge in [-0.15, -0.1) is 0 Å². The molecule has 0 atom stereocenters. The Bertz CT molecular complexity index is 652. The molecule has 0 amide bonds. The normalized spacial score (nSPS) is 11.3. The van der Waals surface area contributed by atoms with E-state index in [1.807, 2.05) is 42.5 Å². The Labute approximate surface area is 121 Å². The second-order valence-corrected chi connectivity index (χ2v) is 4.75. The molecule has 0 heterocycles. The van der Waals surface area contributed by atoms with Crippen LogP contribution < -0.4 is 5.73 Å². The number of nitrogen functional groups attached to an aromatic ring is 1. The van der Waals surface area contributed by atoms with Gasteiger partial charge in [0, 0.05) is 16.8 Å². The van der Waals surface area contributed by atoms with E-state index in [4.69, 9.17) is 5.73 Å². The molecule has 2 aromatic carbocycles. The second-order valence-electron chi connectivity index (χ2n) is 4.75. The van der Waals surface area contributed by atoms with Crippen LogP contribution in [0.5, 0.6) is 0 Å². The quantitative estimate of drug-likeness (QED) is 0.625. The lowest BCUT2D eigenvalue weighted by Crippen LogP contribution is -1.87. The first kappa shape index (κ1) is 14.0. The first-order valence-electron chi connectivity index (χ1n) is 6.83. The lowest BCUT2D eigenvalue weighted by atomic mass is 9.99. The molecule has 0 radical (unpaired) electrons. The van der Waals surface area contributed by atoms with E-state index in [1.54, 1.807) is 0 Å². The highest BCUT2D eigenvalue weighted by atomic mass is 14.5. The molecule has 2 aromatic rings. The van der Waals surface area contributed by atoms with Gasteiger partial charge in [-0.1, -0.05) is 54.7 Å². The SMILES string of the molecule is CC/C(C)=C(/C#Cc1ccc(N)cc1)c1ccccc1. The molecule has 2 rings (SSSR count). The Kier molecular flexibility index (Phi) is 4.63. The first-order chi connectivity index (χ1) is 9.70. The Morgan fingerprint density at radius 2 is 1.65 bits per heavy atom. The zero-order valence-corrected chi connectivity index (χ0v) is 12.0. The molecule has 1 heteroatoms. The number of nitrogens with two attached hydrogens (primary N) is 1. The number of benzene rings is 2. The van der Waals surface area contributed by atoms with Gasteiger partial charge in [0.15, 0.2) is 0 Å². The predicted octanol–water partition coefficient (Wildman–Crippen LogP) is 4.50. The van der Waals surface area contributed by atoms with Crippen molar-refractivity contribution in [3.8, 4) is 11.8 Å². The van der Waals surface area contributed by atoms with Gasteiger partial charge in [-0.3, -0.25) is 0 Å². The van der Waals surface area contributed by atoms with Crippen LogP contribution in [0, 0.1) is 11.8 Å². The summed E-state index contributed by atoms with van der Waals surface area (Å²) >= 11 is 0. The van der Waals surface area contributed by atoms with E-state index in [2.05, 4.69) is 37.8 Å². The molecular weight excluding hydrogens is 242 g/mol. The molecular formula is C19H19N. The van der Waals surface area contributed by atoms with Crippen LogP contribution in [0.1, 0.15) is 31.4 Å². The van der Waals surface area contributed by atoms with Gasteiger partial charge in [0.2, 0.25) is 0 Å². The van der Waals surface area contributed by atoms with E-state index in [0.717, 1.165) is 23.2 Å². The fraction of sp³-hybridized carbons (Fsp3) is 0.158. The summed E-state index contributed by atoms with van der Waals surface area (Å²) in [6, 6.07) is 18.0. The number of hydrogen-bond acceptors (Lipinski definition) is 1. The zero-order chi connectivity index (χ0) is 14.4. The second kappa shape index (κ2) is 6.63. The van der Waals surface area contributed by atoms with Crippen molar-refractivity contribution in [2.24, 2.45) is 0 Å². The smallest absolute Gasteiger partial charge is 0.0314 e. The number of hydrogen-bond donors (Lipinski definition) is 1. The molecule has 0 saturated carbocycles. The molecule has 0 fully saturated rings. The van der Waals surface area contributed by atoms with E-state index >= 15 is 0 Å². The maximum atomic E-state index is 5.69. The molecule has 20 heavy (non-hydrogen) atoms. The highest BCUT2D eigenvalue weighted by molar-refractivity contribution is 5.81. The fourth-order valence-corrected chi connectivity index (χ4v) is 1.91. The van der Waals surface area contributed by atoms with E-state index in [0.29, 0.717) is 0 Å². The third-order valence-corrected chi connectivity index (χ3v) is 3.26. The molecule has 100 valence electrons. The van der Waals surface area contributed by atoms with Crippen molar-refractivity contribution in [2.75, 3.05) is 5.73 Å². The van der Waals surface area contributed by atoms with Crippen LogP contribution in [0.3, 0.4) is 0 Å². The van der Waals surface area contributed by atoms with Gasteiger partial charge in [-0.2, -0.15) is 0 Å². The van der Waals surface area contributed by atoms with E-state index in [9.17, 15) is 0 Å². The van der Waals surface area contributed by atoms with Crippen molar-refractivity contribution in [2.45, 2.75) is 20.3 Å². The van der Waals surface area contributed by atoms with E-state index in [1.165, 1.54) is 11.1 Å². The minimum Gasteiger partial charge on any atom is -0.399 e. The summed E-state index contributed by atoms with van der Waals surface area (Å²) in [5.41, 5.74) is 11.0. The van der Waals surface area contributed by atoms with E-state index in [-0.39, 0.29) is 0 Å². The zero-order valence-electron chi connectivity index (χ0n) is 12.0. The molecule has 2 N–H and O–H groups in total. The van der Waals surface area contributed by atoms with Gasteiger partial charge in [0.05, 0.1) is 0 Å². The van der Waals surface area contributed by atoms with Crippen molar-refractivity contribution < 1.29 is 0 Å². The van der Waals surface area contributed by atoms with Gasteiger partial charge in [0.25, 0.3) is 0 Å². The van der Waals surface area contributed by atoms with Crippen molar-refractivity contribution in [3.63, 3.8) is 0 Å². The minimum absolute atomic E-state index is 0.763. The van der Waals surface area contributed by atoms with Crippen LogP contribution >= 0.6 is 0 Å². The molecule has 0 spiro atoms. The Morgan fingerprint density at radius 1 is 1.00 bits per heavy atom. The summed E-state index contributed by atoms with van der Waals surface area (Å²) in [4.78, 5) is 0. The third kappa shape index (κ3) is 3.52. The summed E-state index contributed by atoms with van der Waals surface area (Å²) in [5, 5.41) is 0. The predicted molar refractivity (Wildman–Crippen MR) is 87.1 cm³/mol. The first-order valence-corrected chi connectivity index (χ1v) is 6.83. The molecule has 0 aliphatic rings. The van der Waals surface area contributed by atoms with Crippen molar-refractivity contribution in [3.05, 3.63) is 71.3 Å². The monoisotopic (exact) mass is 261 g/mol. The lowest BCUT2D eigenvalue weighted by Gasteiger charge is -2.05. The van der Waals surface area contributed by atoms with Crippen LogP contribution in [0.25, 0.3) is 5.57 Å². The lowest BCUT2D eigenvalue weighted by molar-refractivity contribution is 1.11. The van der Waals surface area contributed by atoms with Crippen LogP contribution in [0.2, 0.25) is 0 Å². The van der Waals surface area contributed by atoms with Gasteiger partial charge in [-0.25, -0.2) is 0 Å². The Hall–Kier alpha value is -2.46. The van der Waals surface area contributed by atoms with Gasteiger partial charge < -0.3 is 5.73 Å². The average molecular weight is 261 g/mol. The topological polar surface area (TPSA) is 26.0 Å². The molecule has 0 bridgehead atoms. The van der Waals surface area contributed by atoms with Crippen LogP contribution in [-0.2, 0) is 0 Å². The molecule has 0 aliphatic carbocycles. The average Bonchev–Trinajstić information content (AvgIpc) is 2.50. The molecule has 0 aromatic heterocycles. The number of rotatable bonds is 2. The van der Waals surface area contributed by atoms with Crippen molar-refractivity contribution in [1.82, 2.24) is 0 Å². The molecule has 0 saturated heterocycles. The molecule has 1 nitrogen and oxygen atoms in total. The summed E-state index contributed by atoms with van der Waals surface area (Å²) in [6.07, 6.45) is 1.00. The van der Waals surface area contributed by atoms with Gasteiger partial charge in [-0.05, 0) is 43.2 Å². The molecule has 0 aliphatic heterocycles. The fourth-order valence-electron chi connectivity index (χ4n) is 1.91. The number of anilines is 1. The van der Waals surface area contributed by atoms with Gasteiger partial charge in [0.1, 0.15) is 0 Å².